The highest BCUT2D eigenvalue weighted by Crippen LogP contribution is 2.35. The Balaban J connectivity index is 1.57. The summed E-state index contributed by atoms with van der Waals surface area (Å²) in [7, 11) is 0. The minimum Gasteiger partial charge on any atom is -0.474 e. The SMILES string of the molecule is CC(C)(C)OC(=O)NC1CCC(N2CCOc3ncc(F)cc32)CC1. The predicted octanol–water partition coefficient (Wildman–Crippen LogP) is 3.26. The van der Waals surface area contributed by atoms with Crippen molar-refractivity contribution in [3.8, 4) is 5.88 Å². The fraction of sp³-hybridized carbons (Fsp3) is 0.667. The first kappa shape index (κ1) is 17.8. The van der Waals surface area contributed by atoms with E-state index in [0.717, 1.165) is 37.9 Å². The molecule has 0 aromatic carbocycles. The molecule has 1 amide bonds. The number of carbonyl (C=O) groups excluding carboxylic acids is 1. The van der Waals surface area contributed by atoms with E-state index in [4.69, 9.17) is 9.47 Å². The molecule has 1 N–H and O–H groups in total. The molecule has 1 saturated carbocycles. The van der Waals surface area contributed by atoms with Crippen LogP contribution < -0.4 is 15.0 Å². The maximum absolute atomic E-state index is 13.6. The van der Waals surface area contributed by atoms with Crippen LogP contribution in [0.15, 0.2) is 12.3 Å². The lowest BCUT2D eigenvalue weighted by molar-refractivity contribution is 0.0491. The van der Waals surface area contributed by atoms with Crippen LogP contribution in [0.1, 0.15) is 46.5 Å². The van der Waals surface area contributed by atoms with Gasteiger partial charge in [0, 0.05) is 18.2 Å². The van der Waals surface area contributed by atoms with Crippen molar-refractivity contribution in [2.24, 2.45) is 0 Å². The Morgan fingerprint density at radius 1 is 1.36 bits per heavy atom. The maximum atomic E-state index is 13.6. The number of alkyl carbamates (subject to hydrolysis) is 1. The highest BCUT2D eigenvalue weighted by Gasteiger charge is 2.31. The number of aromatic nitrogens is 1. The number of ether oxygens (including phenoxy) is 2. The normalized spacial score (nSPS) is 23.4. The molecule has 25 heavy (non-hydrogen) atoms. The van der Waals surface area contributed by atoms with Gasteiger partial charge in [-0.15, -0.1) is 0 Å². The van der Waals surface area contributed by atoms with Crippen LogP contribution in [0.25, 0.3) is 0 Å². The molecule has 0 saturated heterocycles. The van der Waals surface area contributed by atoms with Crippen LogP contribution in [-0.4, -0.2) is 41.9 Å². The molecule has 1 aromatic heterocycles. The zero-order chi connectivity index (χ0) is 18.0. The Morgan fingerprint density at radius 3 is 2.76 bits per heavy atom. The lowest BCUT2D eigenvalue weighted by Gasteiger charge is -2.40. The van der Waals surface area contributed by atoms with E-state index in [1.165, 1.54) is 12.3 Å². The van der Waals surface area contributed by atoms with Crippen LogP contribution in [0.3, 0.4) is 0 Å². The Morgan fingerprint density at radius 2 is 2.08 bits per heavy atom. The van der Waals surface area contributed by atoms with Crippen LogP contribution in [0.5, 0.6) is 5.88 Å². The number of pyridine rings is 1. The molecule has 0 bridgehead atoms. The number of rotatable bonds is 2. The maximum Gasteiger partial charge on any atom is 0.407 e. The molecule has 0 unspecified atom stereocenters. The molecular weight excluding hydrogens is 325 g/mol. The first-order valence-corrected chi connectivity index (χ1v) is 8.86. The average Bonchev–Trinajstić information content (AvgIpc) is 2.53. The zero-order valence-corrected chi connectivity index (χ0v) is 15.0. The van der Waals surface area contributed by atoms with Gasteiger partial charge in [-0.1, -0.05) is 0 Å². The molecule has 1 aliphatic heterocycles. The van der Waals surface area contributed by atoms with E-state index in [2.05, 4.69) is 15.2 Å². The van der Waals surface area contributed by atoms with Crippen molar-refractivity contribution in [3.63, 3.8) is 0 Å². The van der Waals surface area contributed by atoms with E-state index in [1.54, 1.807) is 0 Å². The number of hydrogen-bond donors (Lipinski definition) is 1. The van der Waals surface area contributed by atoms with E-state index in [-0.39, 0.29) is 18.0 Å². The van der Waals surface area contributed by atoms with Gasteiger partial charge < -0.3 is 19.7 Å². The molecule has 2 heterocycles. The summed E-state index contributed by atoms with van der Waals surface area (Å²) in [6, 6.07) is 1.92. The Kier molecular flexibility index (Phi) is 5.01. The number of fused-ring (bicyclic) bond motifs is 1. The predicted molar refractivity (Wildman–Crippen MR) is 92.4 cm³/mol. The van der Waals surface area contributed by atoms with Gasteiger partial charge in [0.25, 0.3) is 0 Å². The Labute approximate surface area is 147 Å². The summed E-state index contributed by atoms with van der Waals surface area (Å²) in [5.41, 5.74) is 0.241. The van der Waals surface area contributed by atoms with E-state index >= 15 is 0 Å². The van der Waals surface area contributed by atoms with Gasteiger partial charge in [-0.2, -0.15) is 0 Å². The fourth-order valence-corrected chi connectivity index (χ4v) is 3.48. The molecular formula is C18H26FN3O3. The summed E-state index contributed by atoms with van der Waals surface area (Å²) in [5.74, 6) is 0.149. The van der Waals surface area contributed by atoms with Gasteiger partial charge in [0.05, 0.1) is 12.7 Å². The van der Waals surface area contributed by atoms with Crippen molar-refractivity contribution in [2.45, 2.75) is 64.1 Å². The van der Waals surface area contributed by atoms with Gasteiger partial charge in [0.2, 0.25) is 5.88 Å². The number of amides is 1. The van der Waals surface area contributed by atoms with E-state index in [1.807, 2.05) is 20.8 Å². The highest BCUT2D eigenvalue weighted by atomic mass is 19.1. The summed E-state index contributed by atoms with van der Waals surface area (Å²) in [4.78, 5) is 18.1. The molecule has 3 rings (SSSR count). The van der Waals surface area contributed by atoms with Crippen molar-refractivity contribution in [3.05, 3.63) is 18.1 Å². The fourth-order valence-electron chi connectivity index (χ4n) is 3.48. The molecule has 2 aliphatic rings. The number of halogens is 1. The summed E-state index contributed by atoms with van der Waals surface area (Å²) in [6.07, 6.45) is 4.43. The second kappa shape index (κ2) is 7.06. The molecule has 1 aromatic rings. The summed E-state index contributed by atoms with van der Waals surface area (Å²) >= 11 is 0. The van der Waals surface area contributed by atoms with Crippen molar-refractivity contribution in [1.82, 2.24) is 10.3 Å². The lowest BCUT2D eigenvalue weighted by Crippen LogP contribution is -2.47. The minimum atomic E-state index is -0.490. The number of carbonyl (C=O) groups is 1. The minimum absolute atomic E-state index is 0.122. The van der Waals surface area contributed by atoms with Crippen molar-refractivity contribution >= 4 is 11.8 Å². The van der Waals surface area contributed by atoms with Gasteiger partial charge in [0.15, 0.2) is 0 Å². The number of nitrogens with one attached hydrogen (secondary N) is 1. The van der Waals surface area contributed by atoms with E-state index in [0.29, 0.717) is 18.5 Å². The standard InChI is InChI=1S/C18H26FN3O3/c1-18(2,3)25-17(23)21-13-4-6-14(7-5-13)22-8-9-24-16-15(22)10-12(19)11-20-16/h10-11,13-14H,4-9H2,1-3H3,(H,21,23). The number of anilines is 1. The molecule has 1 aliphatic carbocycles. The molecule has 138 valence electrons. The van der Waals surface area contributed by atoms with Gasteiger partial charge in [-0.25, -0.2) is 14.2 Å². The van der Waals surface area contributed by atoms with Gasteiger partial charge in [-0.3, -0.25) is 0 Å². The highest BCUT2D eigenvalue weighted by molar-refractivity contribution is 5.68. The third-order valence-corrected chi connectivity index (χ3v) is 4.54. The summed E-state index contributed by atoms with van der Waals surface area (Å²) in [6.45, 7) is 6.85. The lowest BCUT2D eigenvalue weighted by atomic mass is 9.89. The van der Waals surface area contributed by atoms with Gasteiger partial charge >= 0.3 is 6.09 Å². The first-order valence-electron chi connectivity index (χ1n) is 8.86. The van der Waals surface area contributed by atoms with Crippen LogP contribution in [0, 0.1) is 5.82 Å². The smallest absolute Gasteiger partial charge is 0.407 e. The monoisotopic (exact) mass is 351 g/mol. The molecule has 0 spiro atoms. The van der Waals surface area contributed by atoms with Crippen LogP contribution >= 0.6 is 0 Å². The van der Waals surface area contributed by atoms with Crippen LogP contribution in [0.2, 0.25) is 0 Å². The van der Waals surface area contributed by atoms with Crippen molar-refractivity contribution in [2.75, 3.05) is 18.1 Å². The molecule has 6 nitrogen and oxygen atoms in total. The quantitative estimate of drug-likeness (QED) is 0.886. The topological polar surface area (TPSA) is 63.7 Å². The van der Waals surface area contributed by atoms with E-state index in [9.17, 15) is 9.18 Å². The van der Waals surface area contributed by atoms with Crippen LogP contribution in [-0.2, 0) is 4.74 Å². The second-order valence-electron chi connectivity index (χ2n) is 7.67. The molecule has 1 fully saturated rings. The Bertz CT molecular complexity index is 624. The summed E-state index contributed by atoms with van der Waals surface area (Å²) < 4.78 is 24.4. The summed E-state index contributed by atoms with van der Waals surface area (Å²) in [5, 5.41) is 2.95. The average molecular weight is 351 g/mol. The third-order valence-electron chi connectivity index (χ3n) is 4.54. The molecule has 0 atom stereocenters. The Hall–Kier alpha value is -2.05. The third kappa shape index (κ3) is 4.52. The van der Waals surface area contributed by atoms with Gasteiger partial charge in [-0.05, 0) is 46.5 Å². The zero-order valence-electron chi connectivity index (χ0n) is 15.0. The second-order valence-corrected chi connectivity index (χ2v) is 7.67. The van der Waals surface area contributed by atoms with Crippen molar-refractivity contribution < 1.29 is 18.7 Å². The van der Waals surface area contributed by atoms with Crippen molar-refractivity contribution in [1.29, 1.82) is 0 Å². The first-order chi connectivity index (χ1) is 11.8. The largest absolute Gasteiger partial charge is 0.474 e. The number of hydrogen-bond acceptors (Lipinski definition) is 5. The van der Waals surface area contributed by atoms with Crippen LogP contribution in [0.4, 0.5) is 14.9 Å². The molecule has 7 heteroatoms. The number of nitrogens with zero attached hydrogens (tertiary/aromatic N) is 2. The molecule has 0 radical (unpaired) electrons. The van der Waals surface area contributed by atoms with E-state index < -0.39 is 5.60 Å². The van der Waals surface area contributed by atoms with Gasteiger partial charge in [0.1, 0.15) is 23.7 Å².